The van der Waals surface area contributed by atoms with E-state index in [9.17, 15) is 4.79 Å². The van der Waals surface area contributed by atoms with Crippen LogP contribution in [0, 0.1) is 5.92 Å². The van der Waals surface area contributed by atoms with Crippen molar-refractivity contribution in [3.8, 4) is 0 Å². The molecule has 23 heavy (non-hydrogen) atoms. The number of nitrogens with one attached hydrogen (secondary N) is 2. The Morgan fingerprint density at radius 3 is 2.57 bits per heavy atom. The molecule has 1 saturated heterocycles. The van der Waals surface area contributed by atoms with Crippen LogP contribution in [-0.4, -0.2) is 56.2 Å². The quantitative estimate of drug-likeness (QED) is 0.769. The van der Waals surface area contributed by atoms with Crippen molar-refractivity contribution in [2.24, 2.45) is 5.92 Å². The van der Waals surface area contributed by atoms with E-state index in [-0.39, 0.29) is 5.91 Å². The van der Waals surface area contributed by atoms with Gasteiger partial charge in [-0.3, -0.25) is 9.69 Å². The number of para-hydroxylation sites is 1. The third-order valence-electron chi connectivity index (χ3n) is 4.25. The minimum absolute atomic E-state index is 0.104. The Morgan fingerprint density at radius 2 is 1.91 bits per heavy atom. The Kier molecular flexibility index (Phi) is 7.36. The van der Waals surface area contributed by atoms with E-state index in [1.165, 1.54) is 0 Å². The van der Waals surface area contributed by atoms with E-state index >= 15 is 0 Å². The van der Waals surface area contributed by atoms with Crippen LogP contribution in [0.1, 0.15) is 20.3 Å². The lowest BCUT2D eigenvalue weighted by molar-refractivity contribution is -0.121. The van der Waals surface area contributed by atoms with Gasteiger partial charge in [0.15, 0.2) is 0 Å². The summed E-state index contributed by atoms with van der Waals surface area (Å²) in [6, 6.07) is 10.3. The molecule has 128 valence electrons. The standard InChI is InChI=1S/C18H29N3O2/c1-15(2)17(21-10-12-23-13-11-21)14-20-18(22)8-9-19-16-6-4-3-5-7-16/h3-7,15,17,19H,8-14H2,1-2H3,(H,20,22). The van der Waals surface area contributed by atoms with E-state index in [0.29, 0.717) is 31.5 Å². The van der Waals surface area contributed by atoms with Gasteiger partial charge >= 0.3 is 0 Å². The molecule has 0 spiro atoms. The molecular weight excluding hydrogens is 290 g/mol. The third-order valence-corrected chi connectivity index (χ3v) is 4.25. The fraction of sp³-hybridized carbons (Fsp3) is 0.611. The van der Waals surface area contributed by atoms with Gasteiger partial charge in [-0.1, -0.05) is 32.0 Å². The van der Waals surface area contributed by atoms with Gasteiger partial charge in [-0.2, -0.15) is 0 Å². The molecule has 5 nitrogen and oxygen atoms in total. The molecule has 2 N–H and O–H groups in total. The Hall–Kier alpha value is -1.59. The van der Waals surface area contributed by atoms with Crippen LogP contribution in [-0.2, 0) is 9.53 Å². The molecule has 0 saturated carbocycles. The van der Waals surface area contributed by atoms with Crippen LogP contribution in [0.5, 0.6) is 0 Å². The molecule has 1 aromatic rings. The SMILES string of the molecule is CC(C)C(CNC(=O)CCNc1ccccc1)N1CCOCC1. The van der Waals surface area contributed by atoms with Gasteiger partial charge in [0.25, 0.3) is 0 Å². The summed E-state index contributed by atoms with van der Waals surface area (Å²) < 4.78 is 5.41. The van der Waals surface area contributed by atoms with Crippen molar-refractivity contribution >= 4 is 11.6 Å². The fourth-order valence-corrected chi connectivity index (χ4v) is 2.88. The topological polar surface area (TPSA) is 53.6 Å². The maximum atomic E-state index is 12.0. The summed E-state index contributed by atoms with van der Waals surface area (Å²) in [5.74, 6) is 0.614. The Bertz CT molecular complexity index is 459. The lowest BCUT2D eigenvalue weighted by atomic mass is 10.0. The van der Waals surface area contributed by atoms with Crippen molar-refractivity contribution in [1.29, 1.82) is 0 Å². The number of rotatable bonds is 8. The Balaban J connectivity index is 1.69. The van der Waals surface area contributed by atoms with Crippen molar-refractivity contribution in [3.63, 3.8) is 0 Å². The lowest BCUT2D eigenvalue weighted by Crippen LogP contribution is -2.51. The summed E-state index contributed by atoms with van der Waals surface area (Å²) in [7, 11) is 0. The van der Waals surface area contributed by atoms with Crippen molar-refractivity contribution in [2.45, 2.75) is 26.3 Å². The molecule has 1 amide bonds. The Morgan fingerprint density at radius 1 is 1.22 bits per heavy atom. The van der Waals surface area contributed by atoms with E-state index in [2.05, 4.69) is 29.4 Å². The smallest absolute Gasteiger partial charge is 0.221 e. The van der Waals surface area contributed by atoms with E-state index in [0.717, 1.165) is 32.0 Å². The maximum Gasteiger partial charge on any atom is 0.221 e. The molecule has 1 aliphatic rings. The summed E-state index contributed by atoms with van der Waals surface area (Å²) in [5, 5.41) is 6.35. The molecule has 1 unspecified atom stereocenters. The minimum Gasteiger partial charge on any atom is -0.385 e. The molecule has 1 fully saturated rings. The number of carbonyl (C=O) groups excluding carboxylic acids is 1. The molecule has 0 aliphatic carbocycles. The second-order valence-corrected chi connectivity index (χ2v) is 6.31. The van der Waals surface area contributed by atoms with Gasteiger partial charge < -0.3 is 15.4 Å². The van der Waals surface area contributed by atoms with Gasteiger partial charge in [-0.15, -0.1) is 0 Å². The first-order chi connectivity index (χ1) is 11.2. The Labute approximate surface area is 139 Å². The first kappa shape index (κ1) is 17.8. The van der Waals surface area contributed by atoms with Gasteiger partial charge in [0.2, 0.25) is 5.91 Å². The van der Waals surface area contributed by atoms with Crippen LogP contribution >= 0.6 is 0 Å². The average molecular weight is 319 g/mol. The molecule has 1 heterocycles. The fourth-order valence-electron chi connectivity index (χ4n) is 2.88. The van der Waals surface area contributed by atoms with E-state index in [1.807, 2.05) is 30.3 Å². The van der Waals surface area contributed by atoms with Crippen LogP contribution in [0.15, 0.2) is 30.3 Å². The highest BCUT2D eigenvalue weighted by molar-refractivity contribution is 5.76. The first-order valence-electron chi connectivity index (χ1n) is 8.54. The number of anilines is 1. The van der Waals surface area contributed by atoms with E-state index in [4.69, 9.17) is 4.74 Å². The molecule has 1 aliphatic heterocycles. The summed E-state index contributed by atoms with van der Waals surface area (Å²) in [4.78, 5) is 14.5. The number of carbonyl (C=O) groups is 1. The van der Waals surface area contributed by atoms with E-state index in [1.54, 1.807) is 0 Å². The zero-order valence-corrected chi connectivity index (χ0v) is 14.3. The highest BCUT2D eigenvalue weighted by Crippen LogP contribution is 2.12. The molecule has 1 atom stereocenters. The molecule has 0 aromatic heterocycles. The summed E-state index contributed by atoms with van der Waals surface area (Å²) in [6.45, 7) is 9.27. The number of benzene rings is 1. The monoisotopic (exact) mass is 319 g/mol. The lowest BCUT2D eigenvalue weighted by Gasteiger charge is -2.36. The number of amides is 1. The van der Waals surface area contributed by atoms with Gasteiger partial charge in [0, 0.05) is 44.3 Å². The number of hydrogen-bond donors (Lipinski definition) is 2. The third kappa shape index (κ3) is 6.20. The van der Waals surface area contributed by atoms with Crippen LogP contribution < -0.4 is 10.6 Å². The predicted octanol–water partition coefficient (Wildman–Crippen LogP) is 1.96. The zero-order chi connectivity index (χ0) is 16.5. The maximum absolute atomic E-state index is 12.0. The summed E-state index contributed by atoms with van der Waals surface area (Å²) in [6.07, 6.45) is 0.489. The molecule has 0 bridgehead atoms. The van der Waals surface area contributed by atoms with Gasteiger partial charge in [-0.05, 0) is 18.1 Å². The minimum atomic E-state index is 0.104. The second-order valence-electron chi connectivity index (χ2n) is 6.31. The van der Waals surface area contributed by atoms with Crippen LogP contribution in [0.2, 0.25) is 0 Å². The summed E-state index contributed by atoms with van der Waals surface area (Å²) >= 11 is 0. The van der Waals surface area contributed by atoms with Crippen molar-refractivity contribution in [3.05, 3.63) is 30.3 Å². The number of morpholine rings is 1. The predicted molar refractivity (Wildman–Crippen MR) is 93.6 cm³/mol. The molecule has 5 heteroatoms. The van der Waals surface area contributed by atoms with Crippen molar-refractivity contribution in [1.82, 2.24) is 10.2 Å². The van der Waals surface area contributed by atoms with Gasteiger partial charge in [0.1, 0.15) is 0 Å². The average Bonchev–Trinajstić information content (AvgIpc) is 2.57. The molecule has 1 aromatic carbocycles. The van der Waals surface area contributed by atoms with Crippen LogP contribution in [0.3, 0.4) is 0 Å². The number of ether oxygens (including phenoxy) is 1. The highest BCUT2D eigenvalue weighted by Gasteiger charge is 2.23. The van der Waals surface area contributed by atoms with Crippen molar-refractivity contribution in [2.75, 3.05) is 44.7 Å². The second kappa shape index (κ2) is 9.53. The molecular formula is C18H29N3O2. The van der Waals surface area contributed by atoms with Crippen molar-refractivity contribution < 1.29 is 9.53 Å². The number of nitrogens with zero attached hydrogens (tertiary/aromatic N) is 1. The number of hydrogen-bond acceptors (Lipinski definition) is 4. The first-order valence-corrected chi connectivity index (χ1v) is 8.54. The van der Waals surface area contributed by atoms with E-state index < -0.39 is 0 Å². The largest absolute Gasteiger partial charge is 0.385 e. The summed E-state index contributed by atoms with van der Waals surface area (Å²) in [5.41, 5.74) is 1.05. The van der Waals surface area contributed by atoms with Crippen LogP contribution in [0.25, 0.3) is 0 Å². The molecule has 0 radical (unpaired) electrons. The van der Waals surface area contributed by atoms with Gasteiger partial charge in [-0.25, -0.2) is 0 Å². The van der Waals surface area contributed by atoms with Gasteiger partial charge in [0.05, 0.1) is 13.2 Å². The molecule has 2 rings (SSSR count). The normalized spacial score (nSPS) is 17.0. The highest BCUT2D eigenvalue weighted by atomic mass is 16.5. The van der Waals surface area contributed by atoms with Crippen LogP contribution in [0.4, 0.5) is 5.69 Å². The zero-order valence-electron chi connectivity index (χ0n) is 14.3.